The second-order valence-electron chi connectivity index (χ2n) is 4.75. The number of hydrogen-bond donors (Lipinski definition) is 1. The highest BCUT2D eigenvalue weighted by atomic mass is 16.3. The van der Waals surface area contributed by atoms with E-state index in [4.69, 9.17) is 0 Å². The number of aliphatic hydroxyl groups is 1. The summed E-state index contributed by atoms with van der Waals surface area (Å²) in [5.41, 5.74) is 2.32. The molecule has 0 saturated heterocycles. The topological polar surface area (TPSA) is 33.1 Å². The van der Waals surface area contributed by atoms with Crippen molar-refractivity contribution in [2.75, 3.05) is 0 Å². The third-order valence-corrected chi connectivity index (χ3v) is 3.40. The summed E-state index contributed by atoms with van der Waals surface area (Å²) in [6.07, 6.45) is 11.5. The van der Waals surface area contributed by atoms with Gasteiger partial charge in [-0.15, -0.1) is 0 Å². The summed E-state index contributed by atoms with van der Waals surface area (Å²) in [5, 5.41) is 10.2. The Hall–Kier alpha value is -1.15. The fourth-order valence-electron chi connectivity index (χ4n) is 2.36. The van der Waals surface area contributed by atoms with Gasteiger partial charge in [0.25, 0.3) is 0 Å². The Morgan fingerprint density at radius 3 is 3.00 bits per heavy atom. The predicted octanol–water partition coefficient (Wildman–Crippen LogP) is 3.27. The van der Waals surface area contributed by atoms with Gasteiger partial charge in [-0.25, -0.2) is 0 Å². The molecule has 0 radical (unpaired) electrons. The SMILES string of the molecule is OC(CCc1ccccn1)C1=CCCCCC1. The summed E-state index contributed by atoms with van der Waals surface area (Å²) >= 11 is 0. The van der Waals surface area contributed by atoms with Gasteiger partial charge in [-0.1, -0.05) is 18.6 Å². The molecule has 1 aliphatic carbocycles. The molecule has 1 unspecified atom stereocenters. The highest BCUT2D eigenvalue weighted by molar-refractivity contribution is 5.11. The minimum absolute atomic E-state index is 0.268. The number of aliphatic hydroxyl groups excluding tert-OH is 1. The molecular weight excluding hydrogens is 210 g/mol. The zero-order chi connectivity index (χ0) is 11.9. The Labute approximate surface area is 103 Å². The van der Waals surface area contributed by atoms with E-state index in [1.165, 1.54) is 24.8 Å². The molecule has 2 rings (SSSR count). The van der Waals surface area contributed by atoms with Crippen LogP contribution in [0.1, 0.15) is 44.2 Å². The molecule has 2 nitrogen and oxygen atoms in total. The molecule has 1 heterocycles. The lowest BCUT2D eigenvalue weighted by atomic mass is 10.00. The number of aromatic nitrogens is 1. The maximum atomic E-state index is 10.2. The van der Waals surface area contributed by atoms with Crippen LogP contribution in [0.2, 0.25) is 0 Å². The smallest absolute Gasteiger partial charge is 0.0753 e. The highest BCUT2D eigenvalue weighted by Gasteiger charge is 2.12. The van der Waals surface area contributed by atoms with Gasteiger partial charge in [0.15, 0.2) is 0 Å². The molecule has 0 spiro atoms. The van der Waals surface area contributed by atoms with Crippen molar-refractivity contribution in [1.82, 2.24) is 4.98 Å². The minimum atomic E-state index is -0.268. The van der Waals surface area contributed by atoms with Crippen LogP contribution in [0, 0.1) is 0 Å². The van der Waals surface area contributed by atoms with Crippen LogP contribution in [0.15, 0.2) is 36.0 Å². The molecule has 1 aromatic rings. The van der Waals surface area contributed by atoms with Gasteiger partial charge in [-0.3, -0.25) is 4.98 Å². The van der Waals surface area contributed by atoms with Gasteiger partial charge in [0, 0.05) is 11.9 Å². The standard InChI is InChI=1S/C15H21NO/c17-15(13-7-3-1-2-4-8-13)11-10-14-9-5-6-12-16-14/h5-7,9,12,15,17H,1-4,8,10-11H2. The first kappa shape index (κ1) is 12.3. The molecule has 0 aromatic carbocycles. The summed E-state index contributed by atoms with van der Waals surface area (Å²) in [6.45, 7) is 0. The number of allylic oxidation sites excluding steroid dienone is 1. The maximum Gasteiger partial charge on any atom is 0.0753 e. The Morgan fingerprint density at radius 2 is 2.18 bits per heavy atom. The molecule has 0 saturated carbocycles. The highest BCUT2D eigenvalue weighted by Crippen LogP contribution is 2.22. The second-order valence-corrected chi connectivity index (χ2v) is 4.75. The first-order chi connectivity index (χ1) is 8.36. The number of aryl methyl sites for hydroxylation is 1. The van der Waals surface area contributed by atoms with Crippen LogP contribution in [0.5, 0.6) is 0 Å². The molecule has 92 valence electrons. The van der Waals surface area contributed by atoms with Gasteiger partial charge in [0.1, 0.15) is 0 Å². The van der Waals surface area contributed by atoms with Crippen molar-refractivity contribution in [3.63, 3.8) is 0 Å². The Balaban J connectivity index is 1.84. The first-order valence-electron chi connectivity index (χ1n) is 6.63. The average Bonchev–Trinajstić information content (AvgIpc) is 2.66. The van der Waals surface area contributed by atoms with Crippen LogP contribution < -0.4 is 0 Å². The molecule has 1 atom stereocenters. The number of pyridine rings is 1. The third-order valence-electron chi connectivity index (χ3n) is 3.40. The fourth-order valence-corrected chi connectivity index (χ4v) is 2.36. The molecular formula is C15H21NO. The molecule has 1 N–H and O–H groups in total. The third kappa shape index (κ3) is 3.97. The van der Waals surface area contributed by atoms with Crippen LogP contribution in [-0.4, -0.2) is 16.2 Å². The molecule has 17 heavy (non-hydrogen) atoms. The monoisotopic (exact) mass is 231 g/mol. The van der Waals surface area contributed by atoms with Gasteiger partial charge in [-0.2, -0.15) is 0 Å². The van der Waals surface area contributed by atoms with E-state index in [1.54, 1.807) is 0 Å². The quantitative estimate of drug-likeness (QED) is 0.807. The molecule has 1 aromatic heterocycles. The van der Waals surface area contributed by atoms with Gasteiger partial charge in [0.2, 0.25) is 0 Å². The summed E-state index contributed by atoms with van der Waals surface area (Å²) in [7, 11) is 0. The largest absolute Gasteiger partial charge is 0.389 e. The summed E-state index contributed by atoms with van der Waals surface area (Å²) in [5.74, 6) is 0. The van der Waals surface area contributed by atoms with E-state index < -0.39 is 0 Å². The van der Waals surface area contributed by atoms with Crippen LogP contribution in [0.25, 0.3) is 0 Å². The zero-order valence-corrected chi connectivity index (χ0v) is 10.3. The summed E-state index contributed by atoms with van der Waals surface area (Å²) < 4.78 is 0. The van der Waals surface area contributed by atoms with Crippen molar-refractivity contribution in [2.45, 2.75) is 51.0 Å². The Morgan fingerprint density at radius 1 is 1.24 bits per heavy atom. The minimum Gasteiger partial charge on any atom is -0.389 e. The van der Waals surface area contributed by atoms with E-state index in [0.29, 0.717) is 0 Å². The van der Waals surface area contributed by atoms with Crippen molar-refractivity contribution in [3.05, 3.63) is 41.7 Å². The zero-order valence-electron chi connectivity index (χ0n) is 10.3. The molecule has 0 fully saturated rings. The fraction of sp³-hybridized carbons (Fsp3) is 0.533. The van der Waals surface area contributed by atoms with Gasteiger partial charge >= 0.3 is 0 Å². The van der Waals surface area contributed by atoms with Crippen LogP contribution >= 0.6 is 0 Å². The van der Waals surface area contributed by atoms with Crippen LogP contribution in [0.3, 0.4) is 0 Å². The summed E-state index contributed by atoms with van der Waals surface area (Å²) in [6, 6.07) is 5.95. The van der Waals surface area contributed by atoms with E-state index in [9.17, 15) is 5.11 Å². The van der Waals surface area contributed by atoms with Crippen molar-refractivity contribution in [3.8, 4) is 0 Å². The maximum absolute atomic E-state index is 10.2. The number of hydrogen-bond acceptors (Lipinski definition) is 2. The van der Waals surface area contributed by atoms with Crippen LogP contribution in [0.4, 0.5) is 0 Å². The lowest BCUT2D eigenvalue weighted by molar-refractivity contribution is 0.195. The average molecular weight is 231 g/mol. The van der Waals surface area contributed by atoms with Crippen molar-refractivity contribution >= 4 is 0 Å². The number of nitrogens with zero attached hydrogens (tertiary/aromatic N) is 1. The Bertz CT molecular complexity index is 358. The lowest BCUT2D eigenvalue weighted by Crippen LogP contribution is -2.11. The predicted molar refractivity (Wildman–Crippen MR) is 69.7 cm³/mol. The molecule has 1 aliphatic rings. The molecule has 0 aliphatic heterocycles. The van der Waals surface area contributed by atoms with E-state index in [-0.39, 0.29) is 6.10 Å². The van der Waals surface area contributed by atoms with Crippen molar-refractivity contribution < 1.29 is 5.11 Å². The second kappa shape index (κ2) is 6.55. The van der Waals surface area contributed by atoms with E-state index in [0.717, 1.165) is 31.4 Å². The van der Waals surface area contributed by atoms with E-state index in [1.807, 2.05) is 24.4 Å². The van der Waals surface area contributed by atoms with E-state index in [2.05, 4.69) is 11.1 Å². The van der Waals surface area contributed by atoms with E-state index >= 15 is 0 Å². The first-order valence-corrected chi connectivity index (χ1v) is 6.63. The van der Waals surface area contributed by atoms with Crippen LogP contribution in [-0.2, 0) is 6.42 Å². The van der Waals surface area contributed by atoms with Gasteiger partial charge in [-0.05, 0) is 56.2 Å². The molecule has 0 amide bonds. The van der Waals surface area contributed by atoms with Gasteiger partial charge in [0.05, 0.1) is 6.10 Å². The van der Waals surface area contributed by atoms with Crippen molar-refractivity contribution in [2.24, 2.45) is 0 Å². The molecule has 0 bridgehead atoms. The molecule has 2 heteroatoms. The number of rotatable bonds is 4. The normalized spacial score (nSPS) is 18.3. The van der Waals surface area contributed by atoms with Crippen molar-refractivity contribution in [1.29, 1.82) is 0 Å². The van der Waals surface area contributed by atoms with Gasteiger partial charge < -0.3 is 5.11 Å². The lowest BCUT2D eigenvalue weighted by Gasteiger charge is -2.13. The Kier molecular flexibility index (Phi) is 4.75. The summed E-state index contributed by atoms with van der Waals surface area (Å²) in [4.78, 5) is 4.28.